The third kappa shape index (κ3) is 5.71. The number of carbonyl (C=O) groups excluding carboxylic acids is 2. The predicted octanol–water partition coefficient (Wildman–Crippen LogP) is 3.36. The number of rotatable bonds is 7. The van der Waals surface area contributed by atoms with Crippen LogP contribution in [0.4, 0.5) is 5.69 Å². The van der Waals surface area contributed by atoms with Crippen LogP contribution in [0, 0.1) is 5.92 Å². The lowest BCUT2D eigenvalue weighted by Crippen LogP contribution is -2.45. The molecule has 1 aliphatic heterocycles. The fourth-order valence-electron chi connectivity index (χ4n) is 3.04. The highest BCUT2D eigenvalue weighted by atomic mass is 16.5. The number of ether oxygens (including phenoxy) is 3. The molecule has 0 spiro atoms. The molecule has 2 amide bonds. The van der Waals surface area contributed by atoms with Gasteiger partial charge in [0.1, 0.15) is 11.8 Å². The van der Waals surface area contributed by atoms with Crippen LogP contribution in [0.15, 0.2) is 48.5 Å². The largest absolute Gasteiger partial charge is 0.493 e. The van der Waals surface area contributed by atoms with Gasteiger partial charge in [-0.15, -0.1) is 0 Å². The maximum Gasteiger partial charge on any atom is 0.246 e. The van der Waals surface area contributed by atoms with Crippen LogP contribution in [0.2, 0.25) is 0 Å². The van der Waals surface area contributed by atoms with Crippen molar-refractivity contribution < 1.29 is 23.8 Å². The fourth-order valence-corrected chi connectivity index (χ4v) is 3.04. The summed E-state index contributed by atoms with van der Waals surface area (Å²) in [7, 11) is 1.59. The Balaban J connectivity index is 1.53. The van der Waals surface area contributed by atoms with E-state index in [2.05, 4.69) is 10.6 Å². The van der Waals surface area contributed by atoms with E-state index in [1.54, 1.807) is 38.3 Å². The van der Waals surface area contributed by atoms with Crippen LogP contribution < -0.4 is 20.1 Å². The minimum atomic E-state index is -0.630. The van der Waals surface area contributed by atoms with Crippen molar-refractivity contribution in [2.45, 2.75) is 25.8 Å². The molecule has 0 aromatic heterocycles. The molecule has 7 heteroatoms. The van der Waals surface area contributed by atoms with Crippen molar-refractivity contribution >= 4 is 17.5 Å². The van der Waals surface area contributed by atoms with Crippen molar-refractivity contribution in [3.05, 3.63) is 48.5 Å². The molecule has 1 heterocycles. The van der Waals surface area contributed by atoms with Crippen molar-refractivity contribution in [1.82, 2.24) is 5.32 Å². The fraction of sp³-hybridized carbons (Fsp3) is 0.364. The molecule has 0 bridgehead atoms. The third-order valence-corrected chi connectivity index (χ3v) is 4.76. The maximum absolute atomic E-state index is 12.4. The van der Waals surface area contributed by atoms with Crippen LogP contribution in [0.1, 0.15) is 19.8 Å². The number of methoxy groups -OCH3 is 1. The van der Waals surface area contributed by atoms with Gasteiger partial charge in [-0.2, -0.15) is 0 Å². The van der Waals surface area contributed by atoms with Gasteiger partial charge in [0.2, 0.25) is 11.8 Å². The summed E-state index contributed by atoms with van der Waals surface area (Å²) in [6.45, 7) is 2.84. The van der Waals surface area contributed by atoms with Gasteiger partial charge < -0.3 is 24.8 Å². The zero-order valence-corrected chi connectivity index (χ0v) is 16.6. The highest BCUT2D eigenvalue weighted by Gasteiger charge is 2.24. The number of para-hydroxylation sites is 2. The number of nitrogens with one attached hydrogen (secondary N) is 2. The van der Waals surface area contributed by atoms with Gasteiger partial charge in [0.15, 0.2) is 11.5 Å². The molecule has 7 nitrogen and oxygen atoms in total. The first-order valence-electron chi connectivity index (χ1n) is 9.66. The molecule has 29 heavy (non-hydrogen) atoms. The average molecular weight is 398 g/mol. The van der Waals surface area contributed by atoms with Gasteiger partial charge in [-0.05, 0) is 56.2 Å². The molecule has 0 unspecified atom stereocenters. The lowest BCUT2D eigenvalue weighted by molar-refractivity contribution is -0.131. The van der Waals surface area contributed by atoms with Crippen LogP contribution in [0.25, 0.3) is 0 Å². The molecule has 1 saturated heterocycles. The highest BCUT2D eigenvalue weighted by Crippen LogP contribution is 2.31. The normalized spacial score (nSPS) is 15.2. The Hall–Kier alpha value is -3.06. The van der Waals surface area contributed by atoms with Gasteiger partial charge in [0.25, 0.3) is 0 Å². The van der Waals surface area contributed by atoms with Crippen LogP contribution in [0.5, 0.6) is 17.2 Å². The van der Waals surface area contributed by atoms with Gasteiger partial charge in [0.05, 0.1) is 7.11 Å². The van der Waals surface area contributed by atoms with Gasteiger partial charge in [-0.3, -0.25) is 9.59 Å². The van der Waals surface area contributed by atoms with E-state index >= 15 is 0 Å². The van der Waals surface area contributed by atoms with E-state index in [0.29, 0.717) is 49.0 Å². The first kappa shape index (κ1) is 20.7. The average Bonchev–Trinajstić information content (AvgIpc) is 2.76. The molecular formula is C22H26N2O5. The molecule has 2 N–H and O–H groups in total. The topological polar surface area (TPSA) is 85.9 Å². The summed E-state index contributed by atoms with van der Waals surface area (Å²) < 4.78 is 16.4. The first-order chi connectivity index (χ1) is 14.1. The molecule has 1 atom stereocenters. The minimum Gasteiger partial charge on any atom is -0.493 e. The summed E-state index contributed by atoms with van der Waals surface area (Å²) in [5.74, 6) is 1.40. The number of hydrogen-bond donors (Lipinski definition) is 2. The summed E-state index contributed by atoms with van der Waals surface area (Å²) >= 11 is 0. The molecular weight excluding hydrogens is 372 g/mol. The second kappa shape index (κ2) is 9.93. The monoisotopic (exact) mass is 398 g/mol. The number of anilines is 1. The zero-order chi connectivity index (χ0) is 20.6. The van der Waals surface area contributed by atoms with E-state index in [9.17, 15) is 9.59 Å². The van der Waals surface area contributed by atoms with Gasteiger partial charge in [-0.1, -0.05) is 12.1 Å². The summed E-state index contributed by atoms with van der Waals surface area (Å²) in [4.78, 5) is 24.7. The summed E-state index contributed by atoms with van der Waals surface area (Å²) in [6.07, 6.45) is 1.38. The van der Waals surface area contributed by atoms with E-state index < -0.39 is 6.04 Å². The molecule has 154 valence electrons. The molecule has 3 rings (SSSR count). The standard InChI is InChI=1S/C22H26N2O5/c1-15(23-22(26)16-11-13-28-14-12-16)21(25)24-17-7-9-18(10-8-17)29-20-6-4-3-5-19(20)27-2/h3-10,15-16H,11-14H2,1-2H3,(H,23,26)(H,24,25)/t15-/m0/s1. The quantitative estimate of drug-likeness (QED) is 0.747. The highest BCUT2D eigenvalue weighted by molar-refractivity contribution is 5.97. The van der Waals surface area contributed by atoms with Crippen molar-refractivity contribution in [3.63, 3.8) is 0 Å². The van der Waals surface area contributed by atoms with Crippen LogP contribution in [-0.4, -0.2) is 38.2 Å². The Morgan fingerprint density at radius 2 is 1.69 bits per heavy atom. The van der Waals surface area contributed by atoms with Crippen LogP contribution in [-0.2, 0) is 14.3 Å². The van der Waals surface area contributed by atoms with E-state index in [0.717, 1.165) is 0 Å². The molecule has 1 fully saturated rings. The molecule has 1 aliphatic rings. The van der Waals surface area contributed by atoms with Crippen molar-refractivity contribution in [2.24, 2.45) is 5.92 Å². The number of carbonyl (C=O) groups is 2. The Bertz CT molecular complexity index is 831. The number of amides is 2. The summed E-state index contributed by atoms with van der Waals surface area (Å²) in [5, 5.41) is 5.59. The van der Waals surface area contributed by atoms with Crippen LogP contribution >= 0.6 is 0 Å². The predicted molar refractivity (Wildman–Crippen MR) is 109 cm³/mol. The van der Waals surface area contributed by atoms with Gasteiger partial charge in [-0.25, -0.2) is 0 Å². The minimum absolute atomic E-state index is 0.0922. The maximum atomic E-state index is 12.4. The van der Waals surface area contributed by atoms with E-state index in [1.807, 2.05) is 24.3 Å². The molecule has 2 aromatic carbocycles. The second-order valence-electron chi connectivity index (χ2n) is 6.88. The SMILES string of the molecule is COc1ccccc1Oc1ccc(NC(=O)[C@H](C)NC(=O)C2CCOCC2)cc1. The summed E-state index contributed by atoms with van der Waals surface area (Å²) in [6, 6.07) is 13.7. The number of hydrogen-bond acceptors (Lipinski definition) is 5. The summed E-state index contributed by atoms with van der Waals surface area (Å²) in [5.41, 5.74) is 0.620. The molecule has 0 radical (unpaired) electrons. The second-order valence-corrected chi connectivity index (χ2v) is 6.88. The molecule has 0 aliphatic carbocycles. The van der Waals surface area contributed by atoms with Crippen molar-refractivity contribution in [2.75, 3.05) is 25.6 Å². The Morgan fingerprint density at radius 3 is 2.34 bits per heavy atom. The Labute approximate surface area is 170 Å². The van der Waals surface area contributed by atoms with E-state index in [4.69, 9.17) is 14.2 Å². The van der Waals surface area contributed by atoms with Crippen LogP contribution in [0.3, 0.4) is 0 Å². The number of benzene rings is 2. The zero-order valence-electron chi connectivity index (χ0n) is 16.6. The molecule has 0 saturated carbocycles. The lowest BCUT2D eigenvalue weighted by Gasteiger charge is -2.23. The van der Waals surface area contributed by atoms with E-state index in [1.165, 1.54) is 0 Å². The lowest BCUT2D eigenvalue weighted by atomic mass is 9.99. The van der Waals surface area contributed by atoms with Gasteiger partial charge >= 0.3 is 0 Å². The first-order valence-corrected chi connectivity index (χ1v) is 9.66. The Morgan fingerprint density at radius 1 is 1.03 bits per heavy atom. The third-order valence-electron chi connectivity index (χ3n) is 4.76. The smallest absolute Gasteiger partial charge is 0.246 e. The van der Waals surface area contributed by atoms with Crippen molar-refractivity contribution in [3.8, 4) is 17.2 Å². The molecule has 2 aromatic rings. The Kier molecular flexibility index (Phi) is 7.08. The van der Waals surface area contributed by atoms with E-state index in [-0.39, 0.29) is 17.7 Å². The van der Waals surface area contributed by atoms with Crippen molar-refractivity contribution in [1.29, 1.82) is 0 Å². The van der Waals surface area contributed by atoms with Gasteiger partial charge in [0, 0.05) is 24.8 Å².